The topological polar surface area (TPSA) is 86.6 Å². The molecule has 0 aliphatic carbocycles. The monoisotopic (exact) mass is 145 g/mol. The highest BCUT2D eigenvalue weighted by atomic mass is 16.4. The summed E-state index contributed by atoms with van der Waals surface area (Å²) in [7, 11) is 0. The van der Waals surface area contributed by atoms with Crippen LogP contribution in [-0.2, 0) is 9.59 Å². The lowest BCUT2D eigenvalue weighted by molar-refractivity contribution is -0.168. The summed E-state index contributed by atoms with van der Waals surface area (Å²) in [5, 5.41) is 19.5. The van der Waals surface area contributed by atoms with Crippen LogP contribution in [0.1, 0.15) is 0 Å². The average Bonchev–Trinajstić information content (AvgIpc) is 1.57. The molecule has 1 heterocycles. The van der Waals surface area contributed by atoms with Crippen molar-refractivity contribution in [2.24, 2.45) is 5.41 Å². The fourth-order valence-electron chi connectivity index (χ4n) is 0.769. The predicted molar refractivity (Wildman–Crippen MR) is 30.6 cm³/mol. The van der Waals surface area contributed by atoms with Crippen molar-refractivity contribution in [3.05, 3.63) is 0 Å². The summed E-state index contributed by atoms with van der Waals surface area (Å²) < 4.78 is 0. The van der Waals surface area contributed by atoms with Crippen LogP contribution in [0.5, 0.6) is 0 Å². The second-order valence-electron chi connectivity index (χ2n) is 2.30. The third kappa shape index (κ3) is 0.672. The number of carbonyl (C=O) groups is 2. The molecule has 1 aliphatic heterocycles. The number of hydrogen-bond donors (Lipinski definition) is 3. The summed E-state index contributed by atoms with van der Waals surface area (Å²) in [6, 6.07) is 0. The molecule has 1 rings (SSSR count). The van der Waals surface area contributed by atoms with Gasteiger partial charge >= 0.3 is 11.9 Å². The van der Waals surface area contributed by atoms with Gasteiger partial charge in [-0.3, -0.25) is 9.59 Å². The molecular weight excluding hydrogens is 138 g/mol. The third-order valence-corrected chi connectivity index (χ3v) is 1.67. The first kappa shape index (κ1) is 7.01. The maximum Gasteiger partial charge on any atom is 0.323 e. The Morgan fingerprint density at radius 3 is 1.60 bits per heavy atom. The molecule has 0 radical (unpaired) electrons. The van der Waals surface area contributed by atoms with Gasteiger partial charge in [0, 0.05) is 13.1 Å². The molecule has 0 atom stereocenters. The molecule has 56 valence electrons. The molecule has 10 heavy (non-hydrogen) atoms. The van der Waals surface area contributed by atoms with E-state index in [1.54, 1.807) is 0 Å². The molecule has 5 nitrogen and oxygen atoms in total. The Bertz CT molecular complexity index is 168. The van der Waals surface area contributed by atoms with E-state index in [2.05, 4.69) is 5.32 Å². The standard InChI is InChI=1S/C5H7NO4/c7-3(8)5(4(9)10)1-6-2-5/h6H,1-2H2,(H,7,8)(H,9,10). The number of carboxylic acid groups (broad SMARTS) is 2. The van der Waals surface area contributed by atoms with Crippen LogP contribution >= 0.6 is 0 Å². The van der Waals surface area contributed by atoms with Crippen LogP contribution in [-0.4, -0.2) is 35.2 Å². The molecule has 1 aliphatic rings. The molecular formula is C5H7NO4. The summed E-state index contributed by atoms with van der Waals surface area (Å²) >= 11 is 0. The number of carboxylic acids is 2. The first-order chi connectivity index (χ1) is 4.59. The van der Waals surface area contributed by atoms with Crippen LogP contribution in [0.4, 0.5) is 0 Å². The van der Waals surface area contributed by atoms with Crippen molar-refractivity contribution in [2.45, 2.75) is 0 Å². The van der Waals surface area contributed by atoms with E-state index in [-0.39, 0.29) is 13.1 Å². The van der Waals surface area contributed by atoms with Crippen LogP contribution in [0.2, 0.25) is 0 Å². The van der Waals surface area contributed by atoms with E-state index in [1.807, 2.05) is 0 Å². The molecule has 1 fully saturated rings. The SMILES string of the molecule is O=C(O)C1(C(=O)O)CNC1. The van der Waals surface area contributed by atoms with E-state index < -0.39 is 17.4 Å². The summed E-state index contributed by atoms with van der Waals surface area (Å²) in [5.74, 6) is -2.53. The summed E-state index contributed by atoms with van der Waals surface area (Å²) in [5.41, 5.74) is -1.56. The first-order valence-electron chi connectivity index (χ1n) is 2.77. The van der Waals surface area contributed by atoms with Crippen molar-refractivity contribution >= 4 is 11.9 Å². The van der Waals surface area contributed by atoms with Gasteiger partial charge in [0.25, 0.3) is 0 Å². The largest absolute Gasteiger partial charge is 0.480 e. The van der Waals surface area contributed by atoms with Gasteiger partial charge in [-0.05, 0) is 0 Å². The molecule has 0 aromatic rings. The maximum absolute atomic E-state index is 10.3. The summed E-state index contributed by atoms with van der Waals surface area (Å²) in [6.45, 7) is 0.0509. The Balaban J connectivity index is 2.78. The zero-order valence-corrected chi connectivity index (χ0v) is 5.13. The van der Waals surface area contributed by atoms with Crippen molar-refractivity contribution < 1.29 is 19.8 Å². The van der Waals surface area contributed by atoms with E-state index in [0.29, 0.717) is 0 Å². The Hall–Kier alpha value is -1.10. The van der Waals surface area contributed by atoms with Crippen LogP contribution in [0.3, 0.4) is 0 Å². The van der Waals surface area contributed by atoms with Gasteiger partial charge in [-0.2, -0.15) is 0 Å². The Kier molecular flexibility index (Phi) is 1.37. The van der Waals surface area contributed by atoms with E-state index in [4.69, 9.17) is 10.2 Å². The van der Waals surface area contributed by atoms with Gasteiger partial charge in [-0.15, -0.1) is 0 Å². The lowest BCUT2D eigenvalue weighted by Crippen LogP contribution is -2.62. The number of hydrogen-bond acceptors (Lipinski definition) is 3. The molecule has 0 spiro atoms. The minimum atomic E-state index is -1.56. The molecule has 0 amide bonds. The van der Waals surface area contributed by atoms with Crippen LogP contribution in [0.25, 0.3) is 0 Å². The number of rotatable bonds is 2. The van der Waals surface area contributed by atoms with Gasteiger partial charge in [0.15, 0.2) is 5.41 Å². The lowest BCUT2D eigenvalue weighted by atomic mass is 9.82. The second kappa shape index (κ2) is 1.95. The van der Waals surface area contributed by atoms with Gasteiger partial charge in [-0.1, -0.05) is 0 Å². The van der Waals surface area contributed by atoms with E-state index in [0.717, 1.165) is 0 Å². The zero-order valence-electron chi connectivity index (χ0n) is 5.13. The van der Waals surface area contributed by atoms with Crippen molar-refractivity contribution in [2.75, 3.05) is 13.1 Å². The smallest absolute Gasteiger partial charge is 0.323 e. The Morgan fingerprint density at radius 2 is 1.60 bits per heavy atom. The minimum absolute atomic E-state index is 0.0255. The minimum Gasteiger partial charge on any atom is -0.480 e. The van der Waals surface area contributed by atoms with Gasteiger partial charge in [-0.25, -0.2) is 0 Å². The highest BCUT2D eigenvalue weighted by Gasteiger charge is 2.51. The molecule has 1 saturated heterocycles. The van der Waals surface area contributed by atoms with E-state index in [9.17, 15) is 9.59 Å². The first-order valence-corrected chi connectivity index (χ1v) is 2.77. The lowest BCUT2D eigenvalue weighted by Gasteiger charge is -2.33. The second-order valence-corrected chi connectivity index (χ2v) is 2.30. The molecule has 0 saturated carbocycles. The maximum atomic E-state index is 10.3. The van der Waals surface area contributed by atoms with Crippen molar-refractivity contribution in [3.8, 4) is 0 Å². The molecule has 0 aromatic heterocycles. The van der Waals surface area contributed by atoms with Gasteiger partial charge in [0.2, 0.25) is 0 Å². The molecule has 5 heteroatoms. The molecule has 3 N–H and O–H groups in total. The van der Waals surface area contributed by atoms with Gasteiger partial charge < -0.3 is 15.5 Å². The summed E-state index contributed by atoms with van der Waals surface area (Å²) in [4.78, 5) is 20.6. The fraction of sp³-hybridized carbons (Fsp3) is 0.600. The van der Waals surface area contributed by atoms with Crippen molar-refractivity contribution in [3.63, 3.8) is 0 Å². The molecule has 0 unspecified atom stereocenters. The normalized spacial score (nSPS) is 21.2. The van der Waals surface area contributed by atoms with Crippen LogP contribution in [0.15, 0.2) is 0 Å². The third-order valence-electron chi connectivity index (χ3n) is 1.67. The van der Waals surface area contributed by atoms with Gasteiger partial charge in [0.1, 0.15) is 0 Å². The fourth-order valence-corrected chi connectivity index (χ4v) is 0.769. The van der Waals surface area contributed by atoms with E-state index in [1.165, 1.54) is 0 Å². The quantitative estimate of drug-likeness (QED) is 0.422. The van der Waals surface area contributed by atoms with Crippen LogP contribution in [0, 0.1) is 5.41 Å². The van der Waals surface area contributed by atoms with Crippen molar-refractivity contribution in [1.29, 1.82) is 0 Å². The highest BCUT2D eigenvalue weighted by molar-refractivity contribution is 6.00. The Labute approximate surface area is 56.7 Å². The van der Waals surface area contributed by atoms with Crippen molar-refractivity contribution in [1.82, 2.24) is 5.32 Å². The zero-order chi connectivity index (χ0) is 7.78. The summed E-state index contributed by atoms with van der Waals surface area (Å²) in [6.07, 6.45) is 0. The van der Waals surface area contributed by atoms with Gasteiger partial charge in [0.05, 0.1) is 0 Å². The predicted octanol–water partition coefficient (Wildman–Crippen LogP) is -1.25. The molecule has 0 bridgehead atoms. The average molecular weight is 145 g/mol. The number of aliphatic carboxylic acids is 2. The highest BCUT2D eigenvalue weighted by Crippen LogP contribution is 2.22. The number of nitrogens with one attached hydrogen (secondary N) is 1. The van der Waals surface area contributed by atoms with Crippen LogP contribution < -0.4 is 5.32 Å². The molecule has 0 aromatic carbocycles. The van der Waals surface area contributed by atoms with E-state index >= 15 is 0 Å². The Morgan fingerprint density at radius 1 is 1.20 bits per heavy atom.